The maximum atomic E-state index is 8.74. The number of hydrogen-bond donors (Lipinski definition) is 0. The summed E-state index contributed by atoms with van der Waals surface area (Å²) in [6.07, 6.45) is 0. The van der Waals surface area contributed by atoms with Gasteiger partial charge in [0.1, 0.15) is 5.82 Å². The third-order valence-corrected chi connectivity index (χ3v) is 8.67. The molecule has 45 heavy (non-hydrogen) atoms. The summed E-state index contributed by atoms with van der Waals surface area (Å²) in [5.41, 5.74) is 6.71. The van der Waals surface area contributed by atoms with Crippen molar-refractivity contribution in [1.82, 2.24) is 9.55 Å². The Kier molecular flexibility index (Phi) is 4.78. The Morgan fingerprint density at radius 2 is 1.00 bits per heavy atom. The summed E-state index contributed by atoms with van der Waals surface area (Å²) in [4.78, 5) is 4.92. The van der Waals surface area contributed by atoms with E-state index in [1.54, 1.807) is 4.57 Å². The molecule has 0 radical (unpaired) electrons. The van der Waals surface area contributed by atoms with Gasteiger partial charge in [0.15, 0.2) is 0 Å². The minimum absolute atomic E-state index is 0.0741. The minimum atomic E-state index is -0.426. The van der Waals surface area contributed by atoms with Crippen LogP contribution in [0, 0.1) is 0 Å². The molecular formula is C43H28N2. The molecule has 210 valence electrons. The maximum Gasteiger partial charge on any atom is 0.145 e. The van der Waals surface area contributed by atoms with Crippen molar-refractivity contribution in [3.05, 3.63) is 170 Å². The highest BCUT2D eigenvalue weighted by atomic mass is 15.1. The summed E-state index contributed by atoms with van der Waals surface area (Å²) in [5.74, 6) is 0.498. The van der Waals surface area contributed by atoms with Crippen LogP contribution in [0.4, 0.5) is 0 Å². The predicted octanol–water partition coefficient (Wildman–Crippen LogP) is 11.5. The van der Waals surface area contributed by atoms with Crippen LogP contribution in [0.2, 0.25) is 0 Å². The van der Waals surface area contributed by atoms with Crippen LogP contribution in [0.25, 0.3) is 82.7 Å². The Labute approximate surface area is 268 Å². The summed E-state index contributed by atoms with van der Waals surface area (Å²) in [6.45, 7) is 0. The number of imidazole rings is 1. The van der Waals surface area contributed by atoms with Gasteiger partial charge in [0.2, 0.25) is 0 Å². The lowest BCUT2D eigenvalue weighted by Crippen LogP contribution is -1.97. The fourth-order valence-corrected chi connectivity index (χ4v) is 6.68. The van der Waals surface area contributed by atoms with Gasteiger partial charge in [-0.2, -0.15) is 0 Å². The Balaban J connectivity index is 1.25. The van der Waals surface area contributed by atoms with E-state index in [9.17, 15) is 0 Å². The lowest BCUT2D eigenvalue weighted by atomic mass is 9.85. The summed E-state index contributed by atoms with van der Waals surface area (Å²) >= 11 is 0. The molecule has 8 aromatic carbocycles. The van der Waals surface area contributed by atoms with Crippen LogP contribution in [-0.4, -0.2) is 9.55 Å². The van der Waals surface area contributed by atoms with Crippen molar-refractivity contribution in [2.24, 2.45) is 0 Å². The molecule has 0 saturated carbocycles. The van der Waals surface area contributed by atoms with E-state index < -0.39 is 6.04 Å². The van der Waals surface area contributed by atoms with Crippen LogP contribution < -0.4 is 0 Å². The van der Waals surface area contributed by atoms with Gasteiger partial charge in [-0.1, -0.05) is 139 Å². The van der Waals surface area contributed by atoms with Gasteiger partial charge in [0.05, 0.1) is 17.9 Å². The zero-order valence-corrected chi connectivity index (χ0v) is 24.2. The third kappa shape index (κ3) is 4.15. The summed E-state index contributed by atoms with van der Waals surface area (Å²) < 4.78 is 44.0. The van der Waals surface area contributed by atoms with Gasteiger partial charge in [0, 0.05) is 11.3 Å². The van der Waals surface area contributed by atoms with Crippen LogP contribution in [0.5, 0.6) is 0 Å². The zero-order valence-electron chi connectivity index (χ0n) is 29.2. The average molecular weight is 578 g/mol. The first-order valence-electron chi connectivity index (χ1n) is 17.5. The average Bonchev–Trinajstić information content (AvgIpc) is 3.54. The Morgan fingerprint density at radius 3 is 1.69 bits per heavy atom. The van der Waals surface area contributed by atoms with Crippen LogP contribution in [0.15, 0.2) is 170 Å². The van der Waals surface area contributed by atoms with E-state index >= 15 is 0 Å². The number of rotatable bonds is 4. The molecule has 0 spiro atoms. The van der Waals surface area contributed by atoms with E-state index in [1.807, 2.05) is 36.4 Å². The van der Waals surface area contributed by atoms with E-state index in [0.29, 0.717) is 16.9 Å². The first-order valence-corrected chi connectivity index (χ1v) is 15.0. The fourth-order valence-electron chi connectivity index (χ4n) is 6.68. The van der Waals surface area contributed by atoms with E-state index in [4.69, 9.17) is 11.8 Å². The largest absolute Gasteiger partial charge is 0.292 e. The number of aromatic nitrogens is 2. The monoisotopic (exact) mass is 577 g/mol. The Bertz CT molecular complexity index is 2730. The lowest BCUT2D eigenvalue weighted by molar-refractivity contribution is 1.10. The predicted molar refractivity (Wildman–Crippen MR) is 190 cm³/mol. The van der Waals surface area contributed by atoms with Crippen molar-refractivity contribution >= 4 is 43.4 Å². The first-order chi connectivity index (χ1) is 24.4. The summed E-state index contributed by atoms with van der Waals surface area (Å²) in [6, 6.07) is 46.2. The molecule has 0 amide bonds. The molecule has 9 rings (SSSR count). The Morgan fingerprint density at radius 1 is 0.467 bits per heavy atom. The molecule has 9 aromatic rings. The van der Waals surface area contributed by atoms with Gasteiger partial charge in [0.25, 0.3) is 0 Å². The molecule has 0 fully saturated rings. The fraction of sp³-hybridized carbons (Fsp3) is 0. The van der Waals surface area contributed by atoms with Crippen molar-refractivity contribution in [3.8, 4) is 39.3 Å². The first kappa shape index (κ1) is 20.8. The molecule has 0 aliphatic heterocycles. The summed E-state index contributed by atoms with van der Waals surface area (Å²) in [7, 11) is 0. The van der Waals surface area contributed by atoms with Gasteiger partial charge in [-0.05, 0) is 84.9 Å². The SMILES string of the molecule is [2H]c1c([2H])c([2H])c(-n2c(-c3ccc(-c4c5ccccc5c(-c5ccc6ccccc6c5)c5ccccc45)cc3)nc3ccccc32)c([2H])c1[2H]. The zero-order chi connectivity index (χ0) is 34.1. The molecule has 2 nitrogen and oxygen atoms in total. The topological polar surface area (TPSA) is 17.8 Å². The van der Waals surface area contributed by atoms with Crippen LogP contribution in [-0.2, 0) is 0 Å². The summed E-state index contributed by atoms with van der Waals surface area (Å²) in [5, 5.41) is 7.04. The molecule has 2 heteroatoms. The van der Waals surface area contributed by atoms with Gasteiger partial charge >= 0.3 is 0 Å². The number of hydrogen-bond acceptors (Lipinski definition) is 1. The van der Waals surface area contributed by atoms with Gasteiger partial charge < -0.3 is 0 Å². The van der Waals surface area contributed by atoms with Crippen molar-refractivity contribution in [2.45, 2.75) is 0 Å². The van der Waals surface area contributed by atoms with E-state index in [2.05, 4.69) is 103 Å². The van der Waals surface area contributed by atoms with E-state index in [0.717, 1.165) is 27.5 Å². The van der Waals surface area contributed by atoms with Crippen molar-refractivity contribution in [1.29, 1.82) is 0 Å². The van der Waals surface area contributed by atoms with Crippen LogP contribution in [0.1, 0.15) is 6.85 Å². The number of nitrogens with zero attached hydrogens (tertiary/aromatic N) is 2. The van der Waals surface area contributed by atoms with Gasteiger partial charge in [-0.3, -0.25) is 4.57 Å². The maximum absolute atomic E-state index is 8.74. The minimum Gasteiger partial charge on any atom is -0.292 e. The molecule has 0 unspecified atom stereocenters. The van der Waals surface area contributed by atoms with Gasteiger partial charge in [-0.15, -0.1) is 0 Å². The molecule has 0 saturated heterocycles. The second-order valence-electron chi connectivity index (χ2n) is 11.2. The second kappa shape index (κ2) is 10.3. The number of fused-ring (bicyclic) bond motifs is 4. The van der Waals surface area contributed by atoms with E-state index in [1.165, 1.54) is 32.7 Å². The van der Waals surface area contributed by atoms with Gasteiger partial charge in [-0.25, -0.2) is 4.98 Å². The second-order valence-corrected chi connectivity index (χ2v) is 11.2. The van der Waals surface area contributed by atoms with Crippen molar-refractivity contribution in [2.75, 3.05) is 0 Å². The highest BCUT2D eigenvalue weighted by Gasteiger charge is 2.18. The molecule has 0 aliphatic rings. The molecule has 0 bridgehead atoms. The lowest BCUT2D eigenvalue weighted by Gasteiger charge is -2.18. The standard InChI is InChI=1S/C43H28N2/c1-2-14-34(15-3-1)45-40-21-11-10-20-39(40)44-43(45)31-25-23-30(24-26-31)41-35-16-6-8-18-37(35)42(38-19-9-7-17-36(38)41)33-27-22-29-12-4-5-13-32(29)28-33/h1-28H/i1D,2D,3D,14D,15D. The third-order valence-electron chi connectivity index (χ3n) is 8.67. The number of para-hydroxylation sites is 3. The highest BCUT2D eigenvalue weighted by molar-refractivity contribution is 6.21. The molecular weight excluding hydrogens is 544 g/mol. The van der Waals surface area contributed by atoms with Crippen LogP contribution in [0.3, 0.4) is 0 Å². The highest BCUT2D eigenvalue weighted by Crippen LogP contribution is 2.44. The Hall–Kier alpha value is -5.99. The molecule has 0 N–H and O–H groups in total. The van der Waals surface area contributed by atoms with Crippen LogP contribution >= 0.6 is 0 Å². The smallest absolute Gasteiger partial charge is 0.145 e. The molecule has 1 heterocycles. The number of benzene rings is 8. The normalized spacial score (nSPS) is 13.1. The quantitative estimate of drug-likeness (QED) is 0.190. The van der Waals surface area contributed by atoms with E-state index in [-0.39, 0.29) is 29.9 Å². The molecule has 1 aromatic heterocycles. The van der Waals surface area contributed by atoms with Crippen molar-refractivity contribution < 1.29 is 6.85 Å². The molecule has 0 atom stereocenters. The van der Waals surface area contributed by atoms with Crippen molar-refractivity contribution in [3.63, 3.8) is 0 Å². The molecule has 0 aliphatic carbocycles.